The van der Waals surface area contributed by atoms with Crippen molar-refractivity contribution in [2.45, 2.75) is 20.0 Å². The molecule has 0 aliphatic rings. The topological polar surface area (TPSA) is 32.3 Å². The average Bonchev–Trinajstić information content (AvgIpc) is 2.57. The number of hydrogen-bond acceptors (Lipinski definition) is 2. The maximum absolute atomic E-state index is 12.5. The molecule has 0 saturated carbocycles. The number of alkyl halides is 3. The van der Waals surface area contributed by atoms with E-state index in [1.165, 1.54) is 12.1 Å². The molecule has 6 heteroatoms. The van der Waals surface area contributed by atoms with E-state index in [0.29, 0.717) is 5.69 Å². The van der Waals surface area contributed by atoms with Crippen LogP contribution in [0.15, 0.2) is 48.5 Å². The Morgan fingerprint density at radius 1 is 0.958 bits per heavy atom. The van der Waals surface area contributed by atoms with E-state index >= 15 is 0 Å². The smallest absolute Gasteiger partial charge is 0.372 e. The molecule has 3 nitrogen and oxygen atoms in total. The monoisotopic (exact) mass is 336 g/mol. The van der Waals surface area contributed by atoms with E-state index < -0.39 is 17.6 Å². The molecule has 0 radical (unpaired) electrons. The van der Waals surface area contributed by atoms with Gasteiger partial charge in [0.05, 0.1) is 5.56 Å². The van der Waals surface area contributed by atoms with Crippen LogP contribution in [-0.2, 0) is 6.18 Å². The number of hydrogen-bond donors (Lipinski definition) is 1. The number of carbonyl (C=O) groups is 1. The van der Waals surface area contributed by atoms with Crippen LogP contribution in [0.4, 0.5) is 24.5 Å². The third kappa shape index (κ3) is 4.28. The first-order valence-electron chi connectivity index (χ1n) is 7.68. The summed E-state index contributed by atoms with van der Waals surface area (Å²) in [6, 6.07) is 11.5. The van der Waals surface area contributed by atoms with Gasteiger partial charge in [0.15, 0.2) is 0 Å². The second-order valence-corrected chi connectivity index (χ2v) is 5.25. The van der Waals surface area contributed by atoms with E-state index in [1.54, 1.807) is 12.1 Å². The molecule has 1 amide bonds. The fourth-order valence-electron chi connectivity index (χ4n) is 2.36. The SMILES string of the molecule is CCN(CC)c1ccc(NC(=O)c2ccc(C(F)(F)F)cc2)cc1. The molecule has 0 aliphatic heterocycles. The Hall–Kier alpha value is -2.50. The highest BCUT2D eigenvalue weighted by molar-refractivity contribution is 6.04. The van der Waals surface area contributed by atoms with Gasteiger partial charge in [0, 0.05) is 30.0 Å². The van der Waals surface area contributed by atoms with Crippen molar-refractivity contribution < 1.29 is 18.0 Å². The number of rotatable bonds is 5. The van der Waals surface area contributed by atoms with Crippen molar-refractivity contribution in [3.05, 3.63) is 59.7 Å². The molecule has 2 aromatic carbocycles. The van der Waals surface area contributed by atoms with Crippen LogP contribution in [0.3, 0.4) is 0 Å². The Morgan fingerprint density at radius 3 is 1.96 bits per heavy atom. The first-order chi connectivity index (χ1) is 11.3. The van der Waals surface area contributed by atoms with Crippen LogP contribution >= 0.6 is 0 Å². The van der Waals surface area contributed by atoms with E-state index in [0.717, 1.165) is 30.9 Å². The molecule has 2 rings (SSSR count). The lowest BCUT2D eigenvalue weighted by Gasteiger charge is -2.21. The second-order valence-electron chi connectivity index (χ2n) is 5.25. The van der Waals surface area contributed by atoms with Crippen molar-refractivity contribution in [2.24, 2.45) is 0 Å². The molecule has 0 heterocycles. The maximum atomic E-state index is 12.5. The lowest BCUT2D eigenvalue weighted by molar-refractivity contribution is -0.137. The van der Waals surface area contributed by atoms with E-state index in [9.17, 15) is 18.0 Å². The summed E-state index contributed by atoms with van der Waals surface area (Å²) in [7, 11) is 0. The number of benzene rings is 2. The summed E-state index contributed by atoms with van der Waals surface area (Å²) in [6.07, 6.45) is -4.41. The van der Waals surface area contributed by atoms with Gasteiger partial charge in [-0.1, -0.05) is 0 Å². The Morgan fingerprint density at radius 2 is 1.50 bits per heavy atom. The summed E-state index contributed by atoms with van der Waals surface area (Å²) in [5.41, 5.74) is 1.04. The summed E-state index contributed by atoms with van der Waals surface area (Å²) in [6.45, 7) is 5.88. The van der Waals surface area contributed by atoms with Gasteiger partial charge >= 0.3 is 6.18 Å². The van der Waals surface area contributed by atoms with Crippen LogP contribution in [0.2, 0.25) is 0 Å². The first-order valence-corrected chi connectivity index (χ1v) is 7.68. The van der Waals surface area contributed by atoms with Gasteiger partial charge in [-0.3, -0.25) is 4.79 Å². The van der Waals surface area contributed by atoms with E-state index in [4.69, 9.17) is 0 Å². The Balaban J connectivity index is 2.07. The Kier molecular flexibility index (Phi) is 5.49. The summed E-state index contributed by atoms with van der Waals surface area (Å²) in [4.78, 5) is 14.3. The maximum Gasteiger partial charge on any atom is 0.416 e. The highest BCUT2D eigenvalue weighted by atomic mass is 19.4. The summed E-state index contributed by atoms with van der Waals surface area (Å²) >= 11 is 0. The molecular weight excluding hydrogens is 317 g/mol. The van der Waals surface area contributed by atoms with E-state index in [1.807, 2.05) is 12.1 Å². The molecule has 128 valence electrons. The quantitative estimate of drug-likeness (QED) is 0.850. The lowest BCUT2D eigenvalue weighted by Crippen LogP contribution is -2.21. The molecule has 0 aliphatic carbocycles. The molecule has 1 N–H and O–H groups in total. The van der Waals surface area contributed by atoms with Crippen LogP contribution in [0.25, 0.3) is 0 Å². The van der Waals surface area contributed by atoms with E-state index in [2.05, 4.69) is 24.1 Å². The molecule has 0 fully saturated rings. The Bertz CT molecular complexity index is 675. The average molecular weight is 336 g/mol. The fraction of sp³-hybridized carbons (Fsp3) is 0.278. The van der Waals surface area contributed by atoms with Gasteiger partial charge < -0.3 is 10.2 Å². The number of nitrogens with one attached hydrogen (secondary N) is 1. The predicted octanol–water partition coefficient (Wildman–Crippen LogP) is 4.80. The summed E-state index contributed by atoms with van der Waals surface area (Å²) in [5.74, 6) is -0.445. The highest BCUT2D eigenvalue weighted by Crippen LogP contribution is 2.29. The lowest BCUT2D eigenvalue weighted by atomic mass is 10.1. The van der Waals surface area contributed by atoms with E-state index in [-0.39, 0.29) is 5.56 Å². The standard InChI is InChI=1S/C18H19F3N2O/c1-3-23(4-2)16-11-9-15(10-12-16)22-17(24)13-5-7-14(8-6-13)18(19,20)21/h5-12H,3-4H2,1-2H3,(H,22,24). The van der Waals surface area contributed by atoms with Gasteiger partial charge in [0.25, 0.3) is 5.91 Å². The van der Waals surface area contributed by atoms with Gasteiger partial charge in [-0.2, -0.15) is 13.2 Å². The number of anilines is 2. The zero-order valence-corrected chi connectivity index (χ0v) is 13.5. The fourth-order valence-corrected chi connectivity index (χ4v) is 2.36. The molecule has 2 aromatic rings. The van der Waals surface area contributed by atoms with Crippen LogP contribution in [0.5, 0.6) is 0 Å². The van der Waals surface area contributed by atoms with Crippen molar-refractivity contribution in [1.82, 2.24) is 0 Å². The molecule has 0 unspecified atom stereocenters. The third-order valence-corrected chi connectivity index (χ3v) is 3.73. The van der Waals surface area contributed by atoms with Gasteiger partial charge in [-0.25, -0.2) is 0 Å². The zero-order valence-electron chi connectivity index (χ0n) is 13.5. The van der Waals surface area contributed by atoms with Crippen LogP contribution in [0.1, 0.15) is 29.8 Å². The van der Waals surface area contributed by atoms with Crippen molar-refractivity contribution in [1.29, 1.82) is 0 Å². The molecule has 0 saturated heterocycles. The molecule has 0 bridgehead atoms. The van der Waals surface area contributed by atoms with Gasteiger partial charge in [-0.15, -0.1) is 0 Å². The van der Waals surface area contributed by atoms with Gasteiger partial charge in [-0.05, 0) is 62.4 Å². The van der Waals surface area contributed by atoms with Crippen LogP contribution in [0, 0.1) is 0 Å². The molecule has 0 atom stereocenters. The van der Waals surface area contributed by atoms with Crippen molar-refractivity contribution in [2.75, 3.05) is 23.3 Å². The van der Waals surface area contributed by atoms with Crippen molar-refractivity contribution >= 4 is 17.3 Å². The predicted molar refractivity (Wildman–Crippen MR) is 89.4 cm³/mol. The largest absolute Gasteiger partial charge is 0.416 e. The number of nitrogens with zero attached hydrogens (tertiary/aromatic N) is 1. The van der Waals surface area contributed by atoms with Gasteiger partial charge in [0.2, 0.25) is 0 Å². The third-order valence-electron chi connectivity index (χ3n) is 3.73. The summed E-state index contributed by atoms with van der Waals surface area (Å²) in [5, 5.41) is 2.68. The number of carbonyl (C=O) groups excluding carboxylic acids is 1. The molecule has 0 aromatic heterocycles. The van der Waals surface area contributed by atoms with Crippen LogP contribution in [-0.4, -0.2) is 19.0 Å². The normalized spacial score (nSPS) is 11.2. The second kappa shape index (κ2) is 7.38. The Labute approximate surface area is 139 Å². The van der Waals surface area contributed by atoms with Gasteiger partial charge in [0.1, 0.15) is 0 Å². The van der Waals surface area contributed by atoms with Crippen molar-refractivity contribution in [3.8, 4) is 0 Å². The van der Waals surface area contributed by atoms with Crippen molar-refractivity contribution in [3.63, 3.8) is 0 Å². The number of amides is 1. The summed E-state index contributed by atoms with van der Waals surface area (Å²) < 4.78 is 37.6. The minimum Gasteiger partial charge on any atom is -0.372 e. The zero-order chi connectivity index (χ0) is 17.7. The number of halogens is 3. The highest BCUT2D eigenvalue weighted by Gasteiger charge is 2.30. The van der Waals surface area contributed by atoms with Crippen LogP contribution < -0.4 is 10.2 Å². The molecule has 24 heavy (non-hydrogen) atoms. The first kappa shape index (κ1) is 17.8. The minimum atomic E-state index is -4.41. The molecule has 0 spiro atoms. The minimum absolute atomic E-state index is 0.177. The molecular formula is C18H19F3N2O.